The van der Waals surface area contributed by atoms with Crippen molar-refractivity contribution in [1.82, 2.24) is 24.0 Å². The molecular weight excluding hydrogens is 683 g/mol. The molecule has 1 atom stereocenters. The van der Waals surface area contributed by atoms with Crippen LogP contribution in [0.2, 0.25) is 0 Å². The molecule has 1 saturated heterocycles. The zero-order valence-corrected chi connectivity index (χ0v) is 29.4. The number of halogens is 2. The molecule has 10 nitrogen and oxygen atoms in total. The summed E-state index contributed by atoms with van der Waals surface area (Å²) in [5, 5.41) is 14.3. The monoisotopic (exact) mass is 720 g/mol. The molecule has 2 aliphatic rings. The van der Waals surface area contributed by atoms with Gasteiger partial charge in [0.15, 0.2) is 0 Å². The molecule has 0 aliphatic carbocycles. The Morgan fingerprint density at radius 2 is 1.67 bits per heavy atom. The van der Waals surface area contributed by atoms with E-state index in [1.165, 1.54) is 34.7 Å². The Bertz CT molecular complexity index is 2250. The molecule has 0 saturated carbocycles. The summed E-state index contributed by atoms with van der Waals surface area (Å²) in [5.41, 5.74) is 5.58. The van der Waals surface area contributed by atoms with Crippen LogP contribution in [0.25, 0.3) is 16.8 Å². The lowest BCUT2D eigenvalue weighted by atomic mass is 9.92. The average molecular weight is 721 g/mol. The van der Waals surface area contributed by atoms with E-state index in [0.717, 1.165) is 18.7 Å². The number of aromatic nitrogens is 3. The molecule has 0 radical (unpaired) electrons. The maximum atomic E-state index is 15.2. The minimum absolute atomic E-state index is 0. The molecule has 5 heterocycles. The summed E-state index contributed by atoms with van der Waals surface area (Å²) in [6, 6.07) is 26.0. The summed E-state index contributed by atoms with van der Waals surface area (Å²) in [6.45, 7) is 4.06. The predicted octanol–water partition coefficient (Wildman–Crippen LogP) is 6.48. The Labute approximate surface area is 306 Å². The molecule has 0 spiro atoms. The van der Waals surface area contributed by atoms with Gasteiger partial charge in [-0.15, -0.1) is 12.4 Å². The highest BCUT2D eigenvalue weighted by molar-refractivity contribution is 6.15. The van der Waals surface area contributed by atoms with Crippen LogP contribution < -0.4 is 4.90 Å². The number of hydrogen-bond donors (Lipinski definition) is 1. The fraction of sp³-hybridized carbons (Fsp3) is 0.225. The number of carbonyl (C=O) groups excluding carboxylic acids is 2. The SMILES string of the molecule is Cl.Cn1cc(N(C(=O)c2cc(-c3cc(F)ccc3C(=O)N3Cc4ccccc4C[C@H]3CN3CCOCC3)n3ccccc23)c2ccc(O)cc2)cn1. The number of aromatic hydroxyl groups is 1. The molecule has 1 N–H and O–H groups in total. The van der Waals surface area contributed by atoms with Crippen molar-refractivity contribution in [2.45, 2.75) is 19.0 Å². The minimum atomic E-state index is -0.491. The van der Waals surface area contributed by atoms with E-state index < -0.39 is 5.82 Å². The quantitative estimate of drug-likeness (QED) is 0.203. The molecule has 0 unspecified atom stereocenters. The van der Waals surface area contributed by atoms with Gasteiger partial charge in [0.25, 0.3) is 11.8 Å². The van der Waals surface area contributed by atoms with Gasteiger partial charge in [0.1, 0.15) is 11.6 Å². The van der Waals surface area contributed by atoms with Gasteiger partial charge in [-0.3, -0.25) is 24.1 Å². The van der Waals surface area contributed by atoms with E-state index in [4.69, 9.17) is 4.74 Å². The number of pyridine rings is 1. The van der Waals surface area contributed by atoms with Crippen molar-refractivity contribution in [3.8, 4) is 17.0 Å². The van der Waals surface area contributed by atoms with E-state index in [9.17, 15) is 14.7 Å². The molecule has 8 rings (SSSR count). The highest BCUT2D eigenvalue weighted by atomic mass is 35.5. The van der Waals surface area contributed by atoms with E-state index in [-0.39, 0.29) is 36.0 Å². The van der Waals surface area contributed by atoms with E-state index in [1.54, 1.807) is 48.4 Å². The number of fused-ring (bicyclic) bond motifs is 2. The molecule has 12 heteroatoms. The smallest absolute Gasteiger partial charge is 0.265 e. The zero-order chi connectivity index (χ0) is 35.1. The number of anilines is 2. The number of phenols is 1. The number of phenolic OH excluding ortho intramolecular Hbond substituents is 1. The number of hydrogen-bond acceptors (Lipinski definition) is 6. The summed E-state index contributed by atoms with van der Waals surface area (Å²) in [5.74, 6) is -0.972. The second-order valence-electron chi connectivity index (χ2n) is 13.1. The number of ether oxygens (including phenoxy) is 1. The minimum Gasteiger partial charge on any atom is -0.508 e. The standard InChI is InChI=1S/C40H37FN6O4.ClH/c1-43-25-32(23-42-43)47(30-10-12-33(48)13-11-30)40(50)36-22-38(45-15-5-4-8-37(36)45)35-21-29(41)9-14-34(35)39(49)46-24-28-7-3-2-6-27(28)20-31(46)26-44-16-18-51-19-17-44;/h2-15,21-23,25,31,48H,16-20,24,26H2,1H3;1H/t31-;/m0./s1. The summed E-state index contributed by atoms with van der Waals surface area (Å²) < 4.78 is 24.3. The van der Waals surface area contributed by atoms with Gasteiger partial charge in [-0.1, -0.05) is 30.3 Å². The molecular formula is C40H38ClFN6O4. The van der Waals surface area contributed by atoms with Crippen LogP contribution in [0.5, 0.6) is 5.75 Å². The Balaban J connectivity index is 0.00000420. The van der Waals surface area contributed by atoms with Gasteiger partial charge < -0.3 is 19.1 Å². The Morgan fingerprint density at radius 3 is 2.42 bits per heavy atom. The average Bonchev–Trinajstić information content (AvgIpc) is 3.76. The molecule has 2 aliphatic heterocycles. The summed E-state index contributed by atoms with van der Waals surface area (Å²) in [7, 11) is 1.77. The van der Waals surface area contributed by atoms with Crippen LogP contribution in [0.4, 0.5) is 15.8 Å². The lowest BCUT2D eigenvalue weighted by Crippen LogP contribution is -2.52. The van der Waals surface area contributed by atoms with Gasteiger partial charge in [0, 0.05) is 68.5 Å². The maximum absolute atomic E-state index is 15.2. The Hall–Kier alpha value is -5.49. The van der Waals surface area contributed by atoms with Crippen LogP contribution in [0.1, 0.15) is 31.8 Å². The number of nitrogens with zero attached hydrogens (tertiary/aromatic N) is 6. The van der Waals surface area contributed by atoms with E-state index in [2.05, 4.69) is 22.1 Å². The van der Waals surface area contributed by atoms with Crippen LogP contribution >= 0.6 is 12.4 Å². The summed E-state index contributed by atoms with van der Waals surface area (Å²) >= 11 is 0. The maximum Gasteiger partial charge on any atom is 0.265 e. The first-order chi connectivity index (χ1) is 24.8. The van der Waals surface area contributed by atoms with Crippen molar-refractivity contribution < 1.29 is 23.8 Å². The summed E-state index contributed by atoms with van der Waals surface area (Å²) in [6.07, 6.45) is 5.85. The molecule has 52 heavy (non-hydrogen) atoms. The topological polar surface area (TPSA) is 95.6 Å². The molecule has 6 aromatic rings. The Kier molecular flexibility index (Phi) is 9.83. The highest BCUT2D eigenvalue weighted by Crippen LogP contribution is 2.36. The number of benzene rings is 3. The molecule has 2 amide bonds. The largest absolute Gasteiger partial charge is 0.508 e. The molecule has 266 valence electrons. The second-order valence-corrected chi connectivity index (χ2v) is 13.1. The van der Waals surface area contributed by atoms with Crippen LogP contribution in [0, 0.1) is 5.82 Å². The molecule has 0 bridgehead atoms. The normalized spacial score (nSPS) is 16.0. The van der Waals surface area contributed by atoms with E-state index in [0.29, 0.717) is 72.0 Å². The van der Waals surface area contributed by atoms with Crippen LogP contribution in [-0.2, 0) is 24.8 Å². The van der Waals surface area contributed by atoms with Crippen molar-refractivity contribution in [1.29, 1.82) is 0 Å². The fourth-order valence-electron chi connectivity index (χ4n) is 7.30. The van der Waals surface area contributed by atoms with Crippen LogP contribution in [-0.4, -0.2) is 79.8 Å². The lowest BCUT2D eigenvalue weighted by Gasteiger charge is -2.40. The van der Waals surface area contributed by atoms with Gasteiger partial charge in [-0.25, -0.2) is 4.39 Å². The van der Waals surface area contributed by atoms with Crippen molar-refractivity contribution >= 4 is 41.1 Å². The molecule has 1 fully saturated rings. The van der Waals surface area contributed by atoms with Gasteiger partial charge in [-0.2, -0.15) is 5.10 Å². The lowest BCUT2D eigenvalue weighted by molar-refractivity contribution is 0.0193. The van der Waals surface area contributed by atoms with Gasteiger partial charge in [0.2, 0.25) is 0 Å². The van der Waals surface area contributed by atoms with Crippen molar-refractivity contribution in [3.63, 3.8) is 0 Å². The molecule has 3 aromatic carbocycles. The van der Waals surface area contributed by atoms with Crippen molar-refractivity contribution in [2.75, 3.05) is 37.7 Å². The number of aryl methyl sites for hydroxylation is 1. The number of amides is 2. The Morgan fingerprint density at radius 1 is 0.923 bits per heavy atom. The third-order valence-electron chi connectivity index (χ3n) is 9.84. The highest BCUT2D eigenvalue weighted by Gasteiger charge is 2.34. The van der Waals surface area contributed by atoms with Crippen molar-refractivity contribution in [2.24, 2.45) is 7.05 Å². The number of carbonyl (C=O) groups is 2. The fourth-order valence-corrected chi connectivity index (χ4v) is 7.30. The van der Waals surface area contributed by atoms with Crippen LogP contribution in [0.3, 0.4) is 0 Å². The van der Waals surface area contributed by atoms with Gasteiger partial charge >= 0.3 is 0 Å². The van der Waals surface area contributed by atoms with E-state index in [1.807, 2.05) is 45.8 Å². The number of morpholine rings is 1. The molecule has 3 aromatic heterocycles. The zero-order valence-electron chi connectivity index (χ0n) is 28.6. The summed E-state index contributed by atoms with van der Waals surface area (Å²) in [4.78, 5) is 35.2. The van der Waals surface area contributed by atoms with E-state index >= 15 is 4.39 Å². The van der Waals surface area contributed by atoms with Crippen molar-refractivity contribution in [3.05, 3.63) is 138 Å². The first-order valence-electron chi connectivity index (χ1n) is 17.0. The first kappa shape index (κ1) is 34.9. The van der Waals surface area contributed by atoms with Crippen LogP contribution in [0.15, 0.2) is 110 Å². The van der Waals surface area contributed by atoms with Gasteiger partial charge in [-0.05, 0) is 78.2 Å². The first-order valence-corrected chi connectivity index (χ1v) is 17.0. The van der Waals surface area contributed by atoms with Gasteiger partial charge in [0.05, 0.1) is 41.9 Å². The second kappa shape index (κ2) is 14.6. The predicted molar refractivity (Wildman–Crippen MR) is 199 cm³/mol. The number of rotatable bonds is 7. The third-order valence-corrected chi connectivity index (χ3v) is 9.84. The third kappa shape index (κ3) is 6.66.